The van der Waals surface area contributed by atoms with Crippen molar-refractivity contribution in [3.05, 3.63) is 47.5 Å². The van der Waals surface area contributed by atoms with E-state index in [4.69, 9.17) is 28.0 Å². The molecule has 30 heavy (non-hydrogen) atoms. The molecule has 0 spiro atoms. The second-order valence-electron chi connectivity index (χ2n) is 7.84. The summed E-state index contributed by atoms with van der Waals surface area (Å²) in [6, 6.07) is 9.76. The molecule has 0 bridgehead atoms. The number of rotatable bonds is 11. The van der Waals surface area contributed by atoms with Crippen molar-refractivity contribution in [2.75, 3.05) is 29.5 Å². The van der Waals surface area contributed by atoms with Gasteiger partial charge >= 0.3 is 0 Å². The van der Waals surface area contributed by atoms with Crippen LogP contribution in [0.5, 0.6) is 0 Å². The van der Waals surface area contributed by atoms with E-state index in [1.807, 2.05) is 0 Å². The van der Waals surface area contributed by atoms with Crippen molar-refractivity contribution in [2.45, 2.75) is 56.3 Å². The first-order chi connectivity index (χ1) is 14.2. The highest BCUT2D eigenvalue weighted by molar-refractivity contribution is 5.65. The largest absolute Gasteiger partial charge is 0.399 e. The van der Waals surface area contributed by atoms with Gasteiger partial charge in [0.15, 0.2) is 0 Å². The molecule has 2 rings (SSSR count). The van der Waals surface area contributed by atoms with Gasteiger partial charge in [-0.05, 0) is 62.8 Å². The summed E-state index contributed by atoms with van der Waals surface area (Å²) in [7, 11) is 0. The van der Waals surface area contributed by atoms with E-state index < -0.39 is 17.8 Å². The van der Waals surface area contributed by atoms with E-state index in [9.17, 15) is 15.3 Å². The number of aliphatic hydroxyl groups excluding tert-OH is 3. The van der Waals surface area contributed by atoms with Crippen LogP contribution in [0.25, 0.3) is 0 Å². The Morgan fingerprint density at radius 2 is 1.20 bits per heavy atom. The summed E-state index contributed by atoms with van der Waals surface area (Å²) in [5.41, 5.74) is 24.8. The molecule has 8 heteroatoms. The average Bonchev–Trinajstić information content (AvgIpc) is 2.68. The monoisotopic (exact) mass is 418 g/mol. The fourth-order valence-corrected chi connectivity index (χ4v) is 3.71. The third-order valence-corrected chi connectivity index (χ3v) is 5.41. The zero-order valence-corrected chi connectivity index (χ0v) is 17.2. The molecule has 2 atom stereocenters. The fraction of sp³-hybridized carbons (Fsp3) is 0.455. The number of hydrogen-bond acceptors (Lipinski definition) is 8. The number of aliphatic hydroxyl groups is 4. The summed E-state index contributed by atoms with van der Waals surface area (Å²) in [4.78, 5) is 0. The predicted molar refractivity (Wildman–Crippen MR) is 120 cm³/mol. The summed E-state index contributed by atoms with van der Waals surface area (Å²) in [6.07, 6.45) is 0.891. The Kier molecular flexibility index (Phi) is 8.31. The van der Waals surface area contributed by atoms with Gasteiger partial charge in [0.1, 0.15) is 5.60 Å². The third-order valence-electron chi connectivity index (χ3n) is 5.41. The Bertz CT molecular complexity index is 779. The van der Waals surface area contributed by atoms with Gasteiger partial charge in [0, 0.05) is 40.5 Å². The van der Waals surface area contributed by atoms with Gasteiger partial charge in [-0.25, -0.2) is 0 Å². The van der Waals surface area contributed by atoms with Crippen molar-refractivity contribution < 1.29 is 20.4 Å². The van der Waals surface area contributed by atoms with Crippen molar-refractivity contribution in [2.24, 2.45) is 0 Å². The number of anilines is 4. The molecule has 0 radical (unpaired) electrons. The van der Waals surface area contributed by atoms with Crippen molar-refractivity contribution in [3.8, 4) is 0 Å². The molecule has 2 aromatic rings. The maximum Gasteiger partial charge on any atom is 0.119 e. The van der Waals surface area contributed by atoms with Gasteiger partial charge in [-0.3, -0.25) is 0 Å². The van der Waals surface area contributed by atoms with Crippen LogP contribution >= 0.6 is 0 Å². The molecule has 0 aliphatic carbocycles. The summed E-state index contributed by atoms with van der Waals surface area (Å²) in [5, 5.41) is 40.9. The third kappa shape index (κ3) is 5.99. The van der Waals surface area contributed by atoms with Crippen molar-refractivity contribution in [1.82, 2.24) is 0 Å². The van der Waals surface area contributed by atoms with Crippen LogP contribution in [0.4, 0.5) is 22.7 Å². The van der Waals surface area contributed by atoms with Crippen LogP contribution in [-0.2, 0) is 5.60 Å². The van der Waals surface area contributed by atoms with Crippen LogP contribution in [0.1, 0.15) is 49.7 Å². The molecule has 0 saturated heterocycles. The number of nitrogen functional groups attached to an aromatic ring is 4. The molecule has 0 aliphatic heterocycles. The van der Waals surface area contributed by atoms with Gasteiger partial charge in [0.05, 0.1) is 12.2 Å². The van der Waals surface area contributed by atoms with Gasteiger partial charge in [-0.15, -0.1) is 0 Å². The molecular formula is C22H34N4O4. The highest BCUT2D eigenvalue weighted by Crippen LogP contribution is 2.41. The van der Waals surface area contributed by atoms with Crippen LogP contribution in [0.2, 0.25) is 0 Å². The molecule has 0 fully saturated rings. The van der Waals surface area contributed by atoms with Gasteiger partial charge in [0.2, 0.25) is 0 Å². The molecule has 8 nitrogen and oxygen atoms in total. The molecule has 2 unspecified atom stereocenters. The van der Waals surface area contributed by atoms with Crippen LogP contribution in [-0.4, -0.2) is 39.2 Å². The zero-order chi connectivity index (χ0) is 22.3. The number of benzene rings is 2. The van der Waals surface area contributed by atoms with E-state index in [-0.39, 0.29) is 19.4 Å². The Balaban J connectivity index is 2.22. The average molecular weight is 419 g/mol. The number of nitrogens with two attached hydrogens (primary N) is 4. The van der Waals surface area contributed by atoms with Crippen LogP contribution in [0, 0.1) is 0 Å². The van der Waals surface area contributed by atoms with E-state index in [0.717, 1.165) is 0 Å². The van der Waals surface area contributed by atoms with Gasteiger partial charge in [0.25, 0.3) is 0 Å². The lowest BCUT2D eigenvalue weighted by atomic mass is 9.79. The molecule has 2 aromatic carbocycles. The smallest absolute Gasteiger partial charge is 0.119 e. The molecule has 166 valence electrons. The van der Waals surface area contributed by atoms with Crippen LogP contribution in [0.15, 0.2) is 36.4 Å². The van der Waals surface area contributed by atoms with Crippen LogP contribution in [0.3, 0.4) is 0 Å². The van der Waals surface area contributed by atoms with Crippen LogP contribution < -0.4 is 22.9 Å². The van der Waals surface area contributed by atoms with Crippen molar-refractivity contribution in [1.29, 1.82) is 0 Å². The Labute approximate surface area is 177 Å². The molecule has 0 aliphatic rings. The highest BCUT2D eigenvalue weighted by atomic mass is 16.3. The first-order valence-corrected chi connectivity index (χ1v) is 10.2. The normalized spacial score (nSPS) is 13.9. The minimum Gasteiger partial charge on any atom is -0.399 e. The standard InChI is InChI=1S/C22H34N4O4/c23-14-3-7-18(20(25)12-14)22(30,19-8-4-15(24)13-21(19)26)10-9-17(29)6-5-16(28)2-1-11-27/h3-4,7-8,12-13,16-17,27-30H,1-2,5-6,9-11,23-26H2. The van der Waals surface area contributed by atoms with Gasteiger partial charge < -0.3 is 43.4 Å². The maximum atomic E-state index is 11.7. The van der Waals surface area contributed by atoms with Crippen molar-refractivity contribution >= 4 is 22.7 Å². The lowest BCUT2D eigenvalue weighted by Crippen LogP contribution is -2.31. The summed E-state index contributed by atoms with van der Waals surface area (Å²) in [6.45, 7) is 0.0265. The van der Waals surface area contributed by atoms with E-state index >= 15 is 0 Å². The van der Waals surface area contributed by atoms with Crippen molar-refractivity contribution in [3.63, 3.8) is 0 Å². The molecule has 0 aromatic heterocycles. The molecule has 12 N–H and O–H groups in total. The van der Waals surface area contributed by atoms with Gasteiger partial charge in [-0.2, -0.15) is 0 Å². The summed E-state index contributed by atoms with van der Waals surface area (Å²) < 4.78 is 0. The lowest BCUT2D eigenvalue weighted by Gasteiger charge is -2.32. The highest BCUT2D eigenvalue weighted by Gasteiger charge is 2.35. The van der Waals surface area contributed by atoms with E-state index in [1.165, 1.54) is 0 Å². The number of hydrogen-bond donors (Lipinski definition) is 8. The molecular weight excluding hydrogens is 384 g/mol. The molecule has 0 saturated carbocycles. The minimum absolute atomic E-state index is 0.0265. The predicted octanol–water partition coefficient (Wildman–Crippen LogP) is 1.31. The topological polar surface area (TPSA) is 185 Å². The SMILES string of the molecule is Nc1ccc(C(O)(CCC(O)CCC(O)CCCO)c2ccc(N)cc2N)c(N)c1. The van der Waals surface area contributed by atoms with Gasteiger partial charge in [-0.1, -0.05) is 12.1 Å². The second kappa shape index (κ2) is 10.5. The Morgan fingerprint density at radius 1 is 0.733 bits per heavy atom. The summed E-state index contributed by atoms with van der Waals surface area (Å²) >= 11 is 0. The Hall–Kier alpha value is -2.52. The fourth-order valence-electron chi connectivity index (χ4n) is 3.71. The lowest BCUT2D eigenvalue weighted by molar-refractivity contribution is 0.0425. The minimum atomic E-state index is -1.55. The van der Waals surface area contributed by atoms with E-state index in [1.54, 1.807) is 36.4 Å². The maximum absolute atomic E-state index is 11.7. The van der Waals surface area contributed by atoms with E-state index in [0.29, 0.717) is 59.6 Å². The first-order valence-electron chi connectivity index (χ1n) is 10.2. The molecule has 0 heterocycles. The molecule has 0 amide bonds. The quantitative estimate of drug-likeness (QED) is 0.251. The Morgan fingerprint density at radius 3 is 1.63 bits per heavy atom. The first kappa shape index (κ1) is 23.8. The second-order valence-corrected chi connectivity index (χ2v) is 7.84. The summed E-state index contributed by atoms with van der Waals surface area (Å²) in [5.74, 6) is 0. The van der Waals surface area contributed by atoms with E-state index in [2.05, 4.69) is 0 Å². The zero-order valence-electron chi connectivity index (χ0n) is 17.2.